The number of hydrogen-bond acceptors (Lipinski definition) is 5. The van der Waals surface area contributed by atoms with E-state index < -0.39 is 5.54 Å². The third-order valence-corrected chi connectivity index (χ3v) is 7.20. The Bertz CT molecular complexity index is 911. The second-order valence-electron chi connectivity index (χ2n) is 9.28. The molecule has 5 rings (SSSR count). The Balaban J connectivity index is 1.19. The van der Waals surface area contributed by atoms with Gasteiger partial charge in [0, 0.05) is 25.9 Å². The highest BCUT2D eigenvalue weighted by Gasteiger charge is 2.52. The molecule has 1 atom stereocenters. The first-order valence-electron chi connectivity index (χ1n) is 11.9. The van der Waals surface area contributed by atoms with Crippen molar-refractivity contribution in [3.8, 4) is 11.5 Å². The SMILES string of the molecule is O=C1NC2(CCCC2)C(=O)N1CCCC(=O)N1CCC[C@H]1c1ccc2c(c1)OCCCO2. The van der Waals surface area contributed by atoms with E-state index in [2.05, 4.69) is 5.32 Å². The molecule has 172 valence electrons. The van der Waals surface area contributed by atoms with Crippen LogP contribution in [-0.4, -0.2) is 59.5 Å². The summed E-state index contributed by atoms with van der Waals surface area (Å²) in [6.45, 7) is 2.30. The molecule has 0 radical (unpaired) electrons. The molecule has 1 aromatic carbocycles. The van der Waals surface area contributed by atoms with Gasteiger partial charge in [0.15, 0.2) is 11.5 Å². The number of rotatable bonds is 5. The first-order chi connectivity index (χ1) is 15.6. The van der Waals surface area contributed by atoms with Crippen LogP contribution in [0.15, 0.2) is 18.2 Å². The average molecular weight is 442 g/mol. The van der Waals surface area contributed by atoms with E-state index in [-0.39, 0.29) is 23.9 Å². The van der Waals surface area contributed by atoms with Crippen molar-refractivity contribution in [1.29, 1.82) is 0 Å². The van der Waals surface area contributed by atoms with Crippen molar-refractivity contribution in [2.45, 2.75) is 69.4 Å². The Kier molecular flexibility index (Phi) is 5.69. The van der Waals surface area contributed by atoms with Gasteiger partial charge in [0.1, 0.15) is 5.54 Å². The highest BCUT2D eigenvalue weighted by molar-refractivity contribution is 6.07. The zero-order valence-corrected chi connectivity index (χ0v) is 18.4. The minimum Gasteiger partial charge on any atom is -0.490 e. The molecule has 32 heavy (non-hydrogen) atoms. The summed E-state index contributed by atoms with van der Waals surface area (Å²) in [5, 5.41) is 2.90. The molecule has 1 aliphatic carbocycles. The van der Waals surface area contributed by atoms with Crippen LogP contribution in [0.25, 0.3) is 0 Å². The van der Waals surface area contributed by atoms with Crippen molar-refractivity contribution < 1.29 is 23.9 Å². The van der Waals surface area contributed by atoms with Gasteiger partial charge in [-0.05, 0) is 49.8 Å². The second-order valence-corrected chi connectivity index (χ2v) is 9.28. The first-order valence-corrected chi connectivity index (χ1v) is 11.9. The van der Waals surface area contributed by atoms with Crippen LogP contribution in [0.2, 0.25) is 0 Å². The van der Waals surface area contributed by atoms with Crippen LogP contribution in [0, 0.1) is 0 Å². The van der Waals surface area contributed by atoms with Gasteiger partial charge in [-0.1, -0.05) is 18.9 Å². The quantitative estimate of drug-likeness (QED) is 0.709. The van der Waals surface area contributed by atoms with Gasteiger partial charge in [-0.15, -0.1) is 0 Å². The topological polar surface area (TPSA) is 88.2 Å². The molecule has 4 aliphatic rings. The number of hydrogen-bond donors (Lipinski definition) is 1. The van der Waals surface area contributed by atoms with E-state index in [1.807, 2.05) is 23.1 Å². The first kappa shape index (κ1) is 21.1. The molecule has 1 spiro atoms. The number of likely N-dealkylation sites (tertiary alicyclic amines) is 1. The molecule has 3 heterocycles. The molecule has 3 fully saturated rings. The highest BCUT2D eigenvalue weighted by Crippen LogP contribution is 2.38. The molecule has 1 saturated carbocycles. The van der Waals surface area contributed by atoms with E-state index in [1.165, 1.54) is 4.90 Å². The van der Waals surface area contributed by atoms with Crippen molar-refractivity contribution in [3.63, 3.8) is 0 Å². The van der Waals surface area contributed by atoms with Crippen LogP contribution in [0.4, 0.5) is 4.79 Å². The third kappa shape index (κ3) is 3.80. The highest BCUT2D eigenvalue weighted by atomic mass is 16.5. The summed E-state index contributed by atoms with van der Waals surface area (Å²) >= 11 is 0. The van der Waals surface area contributed by atoms with Crippen LogP contribution in [0.3, 0.4) is 0 Å². The number of benzene rings is 1. The van der Waals surface area contributed by atoms with Gasteiger partial charge in [-0.2, -0.15) is 0 Å². The van der Waals surface area contributed by atoms with Gasteiger partial charge in [0.05, 0.1) is 19.3 Å². The van der Waals surface area contributed by atoms with Crippen molar-refractivity contribution in [2.75, 3.05) is 26.3 Å². The van der Waals surface area contributed by atoms with Gasteiger partial charge in [0.2, 0.25) is 5.91 Å². The van der Waals surface area contributed by atoms with Crippen LogP contribution in [-0.2, 0) is 9.59 Å². The lowest BCUT2D eigenvalue weighted by Gasteiger charge is -2.26. The molecule has 0 bridgehead atoms. The molecular weight excluding hydrogens is 410 g/mol. The monoisotopic (exact) mass is 441 g/mol. The predicted molar refractivity (Wildman–Crippen MR) is 116 cm³/mol. The Morgan fingerprint density at radius 3 is 2.66 bits per heavy atom. The standard InChI is InChI=1S/C24H31N3O5/c28-21(7-4-13-27-22(29)24(25-23(27)30)10-1-2-11-24)26-12-3-6-18(26)17-8-9-19-20(16-17)32-15-5-14-31-19/h8-9,16,18H,1-7,10-15H2,(H,25,30)/t18-/m0/s1. The molecular formula is C24H31N3O5. The Morgan fingerprint density at radius 2 is 1.84 bits per heavy atom. The summed E-state index contributed by atoms with van der Waals surface area (Å²) in [6, 6.07) is 5.69. The second kappa shape index (κ2) is 8.64. The third-order valence-electron chi connectivity index (χ3n) is 7.20. The average Bonchev–Trinajstić information content (AvgIpc) is 3.47. The zero-order chi connectivity index (χ0) is 22.1. The number of amides is 4. The molecule has 4 amide bonds. The van der Waals surface area contributed by atoms with Crippen molar-refractivity contribution in [2.24, 2.45) is 0 Å². The molecule has 2 saturated heterocycles. The number of nitrogens with zero attached hydrogens (tertiary/aromatic N) is 2. The number of nitrogens with one attached hydrogen (secondary N) is 1. The fourth-order valence-electron chi connectivity index (χ4n) is 5.53. The Hall–Kier alpha value is -2.77. The largest absolute Gasteiger partial charge is 0.490 e. The van der Waals surface area contributed by atoms with Crippen LogP contribution in [0.1, 0.15) is 69.4 Å². The molecule has 1 aromatic rings. The maximum absolute atomic E-state index is 13.0. The molecule has 3 aliphatic heterocycles. The summed E-state index contributed by atoms with van der Waals surface area (Å²) in [5.41, 5.74) is 0.385. The van der Waals surface area contributed by atoms with E-state index in [9.17, 15) is 14.4 Å². The van der Waals surface area contributed by atoms with Crippen LogP contribution < -0.4 is 14.8 Å². The number of ether oxygens (including phenoxy) is 2. The van der Waals surface area contributed by atoms with E-state index in [4.69, 9.17) is 9.47 Å². The lowest BCUT2D eigenvalue weighted by Crippen LogP contribution is -2.44. The fourth-order valence-corrected chi connectivity index (χ4v) is 5.53. The summed E-state index contributed by atoms with van der Waals surface area (Å²) in [4.78, 5) is 41.4. The lowest BCUT2D eigenvalue weighted by molar-refractivity contribution is -0.134. The number of carbonyl (C=O) groups is 3. The van der Waals surface area contributed by atoms with Crippen LogP contribution in [0.5, 0.6) is 11.5 Å². The van der Waals surface area contributed by atoms with Gasteiger partial charge in [-0.25, -0.2) is 4.79 Å². The Morgan fingerprint density at radius 1 is 1.06 bits per heavy atom. The van der Waals surface area contributed by atoms with E-state index >= 15 is 0 Å². The van der Waals surface area contributed by atoms with E-state index in [1.54, 1.807) is 0 Å². The van der Waals surface area contributed by atoms with Gasteiger partial charge < -0.3 is 19.7 Å². The number of imide groups is 1. The molecule has 8 heteroatoms. The maximum atomic E-state index is 13.0. The summed E-state index contributed by atoms with van der Waals surface area (Å²) in [7, 11) is 0. The minimum atomic E-state index is -0.682. The molecule has 0 aromatic heterocycles. The van der Waals surface area contributed by atoms with Gasteiger partial charge in [-0.3, -0.25) is 14.5 Å². The smallest absolute Gasteiger partial charge is 0.325 e. The fraction of sp³-hybridized carbons (Fsp3) is 0.625. The predicted octanol–water partition coefficient (Wildman–Crippen LogP) is 3.16. The normalized spacial score (nSPS) is 24.2. The van der Waals surface area contributed by atoms with Crippen molar-refractivity contribution in [3.05, 3.63) is 23.8 Å². The summed E-state index contributed by atoms with van der Waals surface area (Å²) in [6.07, 6.45) is 6.92. The zero-order valence-electron chi connectivity index (χ0n) is 18.4. The summed E-state index contributed by atoms with van der Waals surface area (Å²) in [5.74, 6) is 1.47. The Labute approximate surface area is 188 Å². The molecule has 0 unspecified atom stereocenters. The maximum Gasteiger partial charge on any atom is 0.325 e. The number of fused-ring (bicyclic) bond motifs is 1. The molecule has 8 nitrogen and oxygen atoms in total. The molecule has 1 N–H and O–H groups in total. The van der Waals surface area contributed by atoms with Crippen LogP contribution >= 0.6 is 0 Å². The number of carbonyl (C=O) groups excluding carboxylic acids is 3. The van der Waals surface area contributed by atoms with Crippen molar-refractivity contribution in [1.82, 2.24) is 15.1 Å². The summed E-state index contributed by atoms with van der Waals surface area (Å²) < 4.78 is 11.5. The van der Waals surface area contributed by atoms with E-state index in [0.29, 0.717) is 32.6 Å². The van der Waals surface area contributed by atoms with E-state index in [0.717, 1.165) is 68.6 Å². The lowest BCUT2D eigenvalue weighted by atomic mass is 9.98. The minimum absolute atomic E-state index is 0.0260. The van der Waals surface area contributed by atoms with Gasteiger partial charge in [0.25, 0.3) is 5.91 Å². The van der Waals surface area contributed by atoms with Gasteiger partial charge >= 0.3 is 6.03 Å². The van der Waals surface area contributed by atoms with Crippen molar-refractivity contribution >= 4 is 17.8 Å². The number of urea groups is 1.